The van der Waals surface area contributed by atoms with Gasteiger partial charge in [-0.3, -0.25) is 4.79 Å². The monoisotopic (exact) mass is 262 g/mol. The maximum atomic E-state index is 12.5. The number of hydrogen-bond donors (Lipinski definition) is 0. The van der Waals surface area contributed by atoms with Crippen LogP contribution in [0, 0.1) is 17.3 Å². The highest BCUT2D eigenvalue weighted by Crippen LogP contribution is 2.47. The number of Topliss-reactive ketones (excluding diaryl/α,β-unsaturated/α-hetero) is 2. The fourth-order valence-corrected chi connectivity index (χ4v) is 3.08. The van der Waals surface area contributed by atoms with E-state index in [0.717, 1.165) is 18.4 Å². The maximum absolute atomic E-state index is 12.5. The normalized spacial score (nSPS) is 31.0. The molecular formula is C17H26O2. The van der Waals surface area contributed by atoms with Crippen LogP contribution in [0.25, 0.3) is 0 Å². The topological polar surface area (TPSA) is 34.1 Å². The molecule has 1 aliphatic carbocycles. The fraction of sp³-hybridized carbons (Fsp3) is 0.647. The summed E-state index contributed by atoms with van der Waals surface area (Å²) in [5.41, 5.74) is 0.724. The van der Waals surface area contributed by atoms with Crippen molar-refractivity contribution in [2.24, 2.45) is 17.3 Å². The first-order valence-corrected chi connectivity index (χ1v) is 7.10. The van der Waals surface area contributed by atoms with Crippen LogP contribution >= 0.6 is 0 Å². The maximum Gasteiger partial charge on any atom is 0.139 e. The first kappa shape index (κ1) is 15.9. The van der Waals surface area contributed by atoms with Crippen molar-refractivity contribution in [1.29, 1.82) is 0 Å². The molecule has 2 heteroatoms. The van der Waals surface area contributed by atoms with Crippen molar-refractivity contribution in [1.82, 2.24) is 0 Å². The van der Waals surface area contributed by atoms with Crippen LogP contribution in [0.4, 0.5) is 0 Å². The summed E-state index contributed by atoms with van der Waals surface area (Å²) in [4.78, 5) is 23.8. The van der Waals surface area contributed by atoms with Gasteiger partial charge < -0.3 is 4.79 Å². The first-order chi connectivity index (χ1) is 8.81. The Labute approximate surface area is 117 Å². The van der Waals surface area contributed by atoms with Gasteiger partial charge in [0.05, 0.1) is 0 Å². The summed E-state index contributed by atoms with van der Waals surface area (Å²) in [6, 6.07) is 0. The Morgan fingerprint density at radius 2 is 2.11 bits per heavy atom. The summed E-state index contributed by atoms with van der Waals surface area (Å²) >= 11 is 0. The van der Waals surface area contributed by atoms with E-state index in [9.17, 15) is 9.59 Å². The molecule has 19 heavy (non-hydrogen) atoms. The molecule has 0 spiro atoms. The van der Waals surface area contributed by atoms with Crippen molar-refractivity contribution < 1.29 is 9.59 Å². The van der Waals surface area contributed by atoms with Gasteiger partial charge in [0.15, 0.2) is 0 Å². The fourth-order valence-electron chi connectivity index (χ4n) is 3.08. The van der Waals surface area contributed by atoms with E-state index in [1.165, 1.54) is 0 Å². The predicted molar refractivity (Wildman–Crippen MR) is 78.9 cm³/mol. The van der Waals surface area contributed by atoms with Gasteiger partial charge in [-0.15, -0.1) is 6.58 Å². The summed E-state index contributed by atoms with van der Waals surface area (Å²) in [5, 5.41) is 0. The smallest absolute Gasteiger partial charge is 0.139 e. The minimum atomic E-state index is -0.369. The van der Waals surface area contributed by atoms with Crippen LogP contribution in [-0.4, -0.2) is 11.6 Å². The van der Waals surface area contributed by atoms with Crippen molar-refractivity contribution in [3.63, 3.8) is 0 Å². The lowest BCUT2D eigenvalue weighted by Gasteiger charge is -2.43. The summed E-state index contributed by atoms with van der Waals surface area (Å²) in [6.45, 7) is 13.4. The lowest BCUT2D eigenvalue weighted by molar-refractivity contribution is -0.136. The standard InChI is InChI=1S/C17H26O2/c1-6-7-15-10-14(12(2)3)11-16(19)17(15,5)9-8-13(4)18/h6,14-15H,1-2,7-11H2,3-5H3/t14-,15-,17+/m0/s1. The molecule has 0 radical (unpaired) electrons. The predicted octanol–water partition coefficient (Wildman–Crippen LogP) is 4.11. The molecule has 0 aliphatic heterocycles. The van der Waals surface area contributed by atoms with Crippen molar-refractivity contribution in [2.75, 3.05) is 0 Å². The van der Waals surface area contributed by atoms with Crippen LogP contribution in [0.5, 0.6) is 0 Å². The van der Waals surface area contributed by atoms with E-state index in [2.05, 4.69) is 13.2 Å². The van der Waals surface area contributed by atoms with Gasteiger partial charge in [-0.2, -0.15) is 0 Å². The van der Waals surface area contributed by atoms with Gasteiger partial charge in [0.25, 0.3) is 0 Å². The average molecular weight is 262 g/mol. The Morgan fingerprint density at radius 3 is 2.58 bits per heavy atom. The highest BCUT2D eigenvalue weighted by Gasteiger charge is 2.45. The van der Waals surface area contributed by atoms with Crippen molar-refractivity contribution >= 4 is 11.6 Å². The van der Waals surface area contributed by atoms with Crippen LogP contribution in [-0.2, 0) is 9.59 Å². The first-order valence-electron chi connectivity index (χ1n) is 7.10. The molecular weight excluding hydrogens is 236 g/mol. The summed E-state index contributed by atoms with van der Waals surface area (Å²) < 4.78 is 0. The molecule has 0 heterocycles. The Balaban J connectivity index is 2.92. The van der Waals surface area contributed by atoms with E-state index >= 15 is 0 Å². The van der Waals surface area contributed by atoms with Crippen molar-refractivity contribution in [3.8, 4) is 0 Å². The second-order valence-corrected chi connectivity index (χ2v) is 6.25. The zero-order chi connectivity index (χ0) is 14.6. The van der Waals surface area contributed by atoms with E-state index in [0.29, 0.717) is 31.0 Å². The summed E-state index contributed by atoms with van der Waals surface area (Å²) in [6.07, 6.45) is 5.46. The molecule has 0 bridgehead atoms. The van der Waals surface area contributed by atoms with E-state index in [-0.39, 0.29) is 17.1 Å². The summed E-state index contributed by atoms with van der Waals surface area (Å²) in [7, 11) is 0. The van der Waals surface area contributed by atoms with Gasteiger partial charge in [0, 0.05) is 18.3 Å². The molecule has 0 unspecified atom stereocenters. The Bertz CT molecular complexity index is 394. The van der Waals surface area contributed by atoms with E-state index in [4.69, 9.17) is 0 Å². The van der Waals surface area contributed by atoms with Gasteiger partial charge >= 0.3 is 0 Å². The number of carbonyl (C=O) groups is 2. The third kappa shape index (κ3) is 3.65. The van der Waals surface area contributed by atoms with Gasteiger partial charge in [-0.05, 0) is 44.9 Å². The van der Waals surface area contributed by atoms with E-state index in [1.807, 2.05) is 19.9 Å². The second kappa shape index (κ2) is 6.31. The molecule has 1 aliphatic rings. The van der Waals surface area contributed by atoms with Crippen LogP contribution in [0.2, 0.25) is 0 Å². The van der Waals surface area contributed by atoms with Crippen LogP contribution < -0.4 is 0 Å². The molecule has 0 aromatic carbocycles. The van der Waals surface area contributed by atoms with Crippen molar-refractivity contribution in [3.05, 3.63) is 24.8 Å². The molecule has 1 rings (SSSR count). The summed E-state index contributed by atoms with van der Waals surface area (Å²) in [5.74, 6) is 1.03. The van der Waals surface area contributed by atoms with E-state index < -0.39 is 0 Å². The second-order valence-electron chi connectivity index (χ2n) is 6.25. The molecule has 0 saturated heterocycles. The largest absolute Gasteiger partial charge is 0.300 e. The lowest BCUT2D eigenvalue weighted by Crippen LogP contribution is -2.42. The van der Waals surface area contributed by atoms with Gasteiger partial charge in [-0.1, -0.05) is 25.2 Å². The minimum absolute atomic E-state index is 0.161. The number of rotatable bonds is 6. The average Bonchev–Trinajstić information content (AvgIpc) is 2.32. The number of ketones is 2. The molecule has 0 amide bonds. The third-order valence-corrected chi connectivity index (χ3v) is 4.68. The van der Waals surface area contributed by atoms with Crippen LogP contribution in [0.1, 0.15) is 52.9 Å². The van der Waals surface area contributed by atoms with Gasteiger partial charge in [0.1, 0.15) is 11.6 Å². The molecule has 0 aromatic rings. The molecule has 106 valence electrons. The molecule has 0 aromatic heterocycles. The number of hydrogen-bond acceptors (Lipinski definition) is 2. The van der Waals surface area contributed by atoms with Crippen LogP contribution in [0.3, 0.4) is 0 Å². The highest BCUT2D eigenvalue weighted by atomic mass is 16.1. The minimum Gasteiger partial charge on any atom is -0.300 e. The quantitative estimate of drug-likeness (QED) is 0.675. The molecule has 1 fully saturated rings. The number of carbonyl (C=O) groups excluding carboxylic acids is 2. The Hall–Kier alpha value is -1.18. The molecule has 0 N–H and O–H groups in total. The Kier molecular flexibility index (Phi) is 5.28. The van der Waals surface area contributed by atoms with Gasteiger partial charge in [0.2, 0.25) is 0 Å². The lowest BCUT2D eigenvalue weighted by atomic mass is 9.59. The van der Waals surface area contributed by atoms with Crippen LogP contribution in [0.15, 0.2) is 24.8 Å². The number of allylic oxidation sites excluding steroid dienone is 2. The van der Waals surface area contributed by atoms with Gasteiger partial charge in [-0.25, -0.2) is 0 Å². The van der Waals surface area contributed by atoms with Crippen molar-refractivity contribution in [2.45, 2.75) is 52.9 Å². The highest BCUT2D eigenvalue weighted by molar-refractivity contribution is 5.87. The third-order valence-electron chi connectivity index (χ3n) is 4.68. The zero-order valence-corrected chi connectivity index (χ0v) is 12.5. The molecule has 2 nitrogen and oxygen atoms in total. The molecule has 1 saturated carbocycles. The van der Waals surface area contributed by atoms with E-state index in [1.54, 1.807) is 6.92 Å². The Morgan fingerprint density at radius 1 is 1.47 bits per heavy atom. The zero-order valence-electron chi connectivity index (χ0n) is 12.5. The molecule has 3 atom stereocenters. The SMILES string of the molecule is C=CC[C@H]1C[C@H](C(=C)C)CC(=O)[C@]1(C)CCC(C)=O.